The molecule has 2 aromatic rings. The van der Waals surface area contributed by atoms with Crippen molar-refractivity contribution in [3.8, 4) is 0 Å². The fourth-order valence-electron chi connectivity index (χ4n) is 1.70. The van der Waals surface area contributed by atoms with Crippen LogP contribution in [0, 0.1) is 0 Å². The number of benzene rings is 2. The van der Waals surface area contributed by atoms with Gasteiger partial charge in [0, 0.05) is 25.5 Å². The van der Waals surface area contributed by atoms with Crippen molar-refractivity contribution >= 4 is 22.7 Å². The average Bonchev–Trinajstić information content (AvgIpc) is 2.32. The van der Waals surface area contributed by atoms with Gasteiger partial charge in [-0.15, -0.1) is 0 Å². The van der Waals surface area contributed by atoms with Gasteiger partial charge < -0.3 is 16.0 Å². The molecule has 0 unspecified atom stereocenters. The Balaban J connectivity index is 2.26. The number of nitrogens with two attached hydrogens (primary N) is 1. The Kier molecular flexibility index (Phi) is 3.19. The van der Waals surface area contributed by atoms with Crippen LogP contribution in [0.5, 0.6) is 0 Å². The zero-order chi connectivity index (χ0) is 12.3. The summed E-state index contributed by atoms with van der Waals surface area (Å²) in [7, 11) is 3.97. The summed E-state index contributed by atoms with van der Waals surface area (Å²) in [6.07, 6.45) is 0. The number of anilines is 4. The second-order valence-electron chi connectivity index (χ2n) is 4.16. The summed E-state index contributed by atoms with van der Waals surface area (Å²) in [5.74, 6) is 0. The van der Waals surface area contributed by atoms with Crippen LogP contribution in [0.1, 0.15) is 0 Å². The van der Waals surface area contributed by atoms with E-state index in [2.05, 4.69) is 5.32 Å². The molecule has 0 aliphatic carbocycles. The van der Waals surface area contributed by atoms with E-state index in [-0.39, 0.29) is 0 Å². The Hall–Kier alpha value is -2.16. The molecule has 3 nitrogen and oxygen atoms in total. The van der Waals surface area contributed by atoms with Crippen LogP contribution in [0.4, 0.5) is 22.7 Å². The fraction of sp³-hybridized carbons (Fsp3) is 0.143. The van der Waals surface area contributed by atoms with Crippen LogP contribution in [0.25, 0.3) is 0 Å². The molecule has 0 heterocycles. The maximum Gasteiger partial charge on any atom is 0.0615 e. The van der Waals surface area contributed by atoms with E-state index in [9.17, 15) is 0 Å². The molecular formula is C14H17N3. The lowest BCUT2D eigenvalue weighted by Gasteiger charge is -2.17. The number of nitrogen functional groups attached to an aromatic ring is 1. The maximum absolute atomic E-state index is 5.91. The van der Waals surface area contributed by atoms with Crippen molar-refractivity contribution in [2.75, 3.05) is 30.0 Å². The molecule has 0 atom stereocenters. The van der Waals surface area contributed by atoms with E-state index in [0.29, 0.717) is 0 Å². The first-order chi connectivity index (χ1) is 8.16. The summed E-state index contributed by atoms with van der Waals surface area (Å²) in [4.78, 5) is 2.01. The highest BCUT2D eigenvalue weighted by molar-refractivity contribution is 5.74. The number of nitrogens with zero attached hydrogens (tertiary/aromatic N) is 1. The van der Waals surface area contributed by atoms with Gasteiger partial charge in [-0.1, -0.05) is 18.2 Å². The topological polar surface area (TPSA) is 41.3 Å². The van der Waals surface area contributed by atoms with Gasteiger partial charge in [0.25, 0.3) is 0 Å². The van der Waals surface area contributed by atoms with Gasteiger partial charge in [0.15, 0.2) is 0 Å². The summed E-state index contributed by atoms with van der Waals surface area (Å²) >= 11 is 0. The maximum atomic E-state index is 5.91. The van der Waals surface area contributed by atoms with Crippen LogP contribution in [-0.2, 0) is 0 Å². The molecule has 17 heavy (non-hydrogen) atoms. The molecule has 3 heteroatoms. The predicted octanol–water partition coefficient (Wildman–Crippen LogP) is 3.08. The molecule has 0 spiro atoms. The van der Waals surface area contributed by atoms with Gasteiger partial charge in [-0.05, 0) is 30.3 Å². The number of hydrogen-bond donors (Lipinski definition) is 2. The van der Waals surface area contributed by atoms with Crippen molar-refractivity contribution in [3.63, 3.8) is 0 Å². The summed E-state index contributed by atoms with van der Waals surface area (Å²) < 4.78 is 0. The predicted molar refractivity (Wildman–Crippen MR) is 74.9 cm³/mol. The first-order valence-corrected chi connectivity index (χ1v) is 5.56. The average molecular weight is 227 g/mol. The van der Waals surface area contributed by atoms with Crippen molar-refractivity contribution in [3.05, 3.63) is 48.5 Å². The molecule has 0 aromatic heterocycles. The van der Waals surface area contributed by atoms with Gasteiger partial charge in [0.1, 0.15) is 0 Å². The van der Waals surface area contributed by atoms with Gasteiger partial charge >= 0.3 is 0 Å². The molecule has 88 valence electrons. The van der Waals surface area contributed by atoms with Crippen molar-refractivity contribution in [1.82, 2.24) is 0 Å². The lowest BCUT2D eigenvalue weighted by atomic mass is 10.2. The van der Waals surface area contributed by atoms with Crippen LogP contribution in [0.2, 0.25) is 0 Å². The molecule has 0 bridgehead atoms. The summed E-state index contributed by atoms with van der Waals surface area (Å²) in [6.45, 7) is 0. The Labute approximate surface area is 102 Å². The minimum Gasteiger partial charge on any atom is -0.397 e. The van der Waals surface area contributed by atoms with Crippen LogP contribution < -0.4 is 16.0 Å². The van der Waals surface area contributed by atoms with Crippen molar-refractivity contribution in [2.45, 2.75) is 0 Å². The van der Waals surface area contributed by atoms with E-state index in [1.165, 1.54) is 0 Å². The van der Waals surface area contributed by atoms with Gasteiger partial charge in [-0.3, -0.25) is 0 Å². The van der Waals surface area contributed by atoms with E-state index in [1.807, 2.05) is 67.5 Å². The monoisotopic (exact) mass is 227 g/mol. The second kappa shape index (κ2) is 4.78. The molecule has 0 aliphatic heterocycles. The molecule has 3 N–H and O–H groups in total. The highest BCUT2D eigenvalue weighted by Crippen LogP contribution is 2.27. The molecule has 0 fully saturated rings. The Bertz CT molecular complexity index is 492. The van der Waals surface area contributed by atoms with Crippen molar-refractivity contribution in [1.29, 1.82) is 0 Å². The van der Waals surface area contributed by atoms with E-state index in [0.717, 1.165) is 22.7 Å². The van der Waals surface area contributed by atoms with E-state index in [4.69, 9.17) is 5.73 Å². The Morgan fingerprint density at radius 1 is 0.941 bits per heavy atom. The number of rotatable bonds is 3. The molecule has 2 rings (SSSR count). The number of para-hydroxylation sites is 1. The normalized spacial score (nSPS) is 10.0. The largest absolute Gasteiger partial charge is 0.397 e. The highest BCUT2D eigenvalue weighted by atomic mass is 15.1. The lowest BCUT2D eigenvalue weighted by Crippen LogP contribution is -2.11. The number of nitrogens with one attached hydrogen (secondary N) is 1. The minimum absolute atomic E-state index is 0.786. The van der Waals surface area contributed by atoms with E-state index >= 15 is 0 Å². The van der Waals surface area contributed by atoms with Gasteiger partial charge in [0.05, 0.1) is 11.4 Å². The third-order valence-electron chi connectivity index (χ3n) is 2.57. The highest BCUT2D eigenvalue weighted by Gasteiger charge is 2.03. The first-order valence-electron chi connectivity index (χ1n) is 5.56. The second-order valence-corrected chi connectivity index (χ2v) is 4.16. The van der Waals surface area contributed by atoms with Crippen molar-refractivity contribution < 1.29 is 0 Å². The van der Waals surface area contributed by atoms with E-state index < -0.39 is 0 Å². The van der Waals surface area contributed by atoms with Gasteiger partial charge in [0.2, 0.25) is 0 Å². The third-order valence-corrected chi connectivity index (χ3v) is 2.57. The molecule has 0 amide bonds. The summed E-state index contributed by atoms with van der Waals surface area (Å²) in [5, 5.41) is 3.34. The van der Waals surface area contributed by atoms with Crippen molar-refractivity contribution in [2.24, 2.45) is 0 Å². The molecule has 0 aliphatic rings. The van der Waals surface area contributed by atoms with Gasteiger partial charge in [-0.2, -0.15) is 0 Å². The Morgan fingerprint density at radius 2 is 1.65 bits per heavy atom. The van der Waals surface area contributed by atoms with Crippen LogP contribution in [0.15, 0.2) is 48.5 Å². The van der Waals surface area contributed by atoms with Crippen LogP contribution in [-0.4, -0.2) is 14.1 Å². The molecule has 0 saturated heterocycles. The quantitative estimate of drug-likeness (QED) is 0.792. The third kappa shape index (κ3) is 2.69. The zero-order valence-electron chi connectivity index (χ0n) is 10.1. The molecule has 0 saturated carbocycles. The zero-order valence-corrected chi connectivity index (χ0v) is 10.1. The number of hydrogen-bond acceptors (Lipinski definition) is 3. The van der Waals surface area contributed by atoms with Gasteiger partial charge in [-0.25, -0.2) is 0 Å². The SMILES string of the molecule is CN(C)c1cc(Nc2ccccc2)ccc1N. The van der Waals surface area contributed by atoms with Crippen LogP contribution in [0.3, 0.4) is 0 Å². The summed E-state index contributed by atoms with van der Waals surface area (Å²) in [5.41, 5.74) is 9.83. The minimum atomic E-state index is 0.786. The van der Waals surface area contributed by atoms with E-state index in [1.54, 1.807) is 0 Å². The lowest BCUT2D eigenvalue weighted by molar-refractivity contribution is 1.13. The molecule has 0 radical (unpaired) electrons. The smallest absolute Gasteiger partial charge is 0.0615 e. The summed E-state index contributed by atoms with van der Waals surface area (Å²) in [6, 6.07) is 16.0. The standard InChI is InChI=1S/C14H17N3/c1-17(2)14-10-12(8-9-13(14)15)16-11-6-4-3-5-7-11/h3-10,16H,15H2,1-2H3. The van der Waals surface area contributed by atoms with Crippen LogP contribution >= 0.6 is 0 Å². The first kappa shape index (κ1) is 11.3. The molecular weight excluding hydrogens is 210 g/mol. The molecule has 2 aromatic carbocycles. The Morgan fingerprint density at radius 3 is 2.29 bits per heavy atom. The fourth-order valence-corrected chi connectivity index (χ4v) is 1.70.